The van der Waals surface area contributed by atoms with Crippen LogP contribution in [0.15, 0.2) is 30.9 Å². The van der Waals surface area contributed by atoms with Crippen LogP contribution in [0.25, 0.3) is 12.2 Å². The van der Waals surface area contributed by atoms with E-state index in [1.807, 2.05) is 25.1 Å². The lowest BCUT2D eigenvalue weighted by Gasteiger charge is -2.07. The molecule has 0 saturated heterocycles. The summed E-state index contributed by atoms with van der Waals surface area (Å²) in [6.07, 6.45) is 5.39. The van der Waals surface area contributed by atoms with E-state index in [1.165, 1.54) is 0 Å². The Kier molecular flexibility index (Phi) is 3.68. The van der Waals surface area contributed by atoms with Gasteiger partial charge in [-0.05, 0) is 23.5 Å². The first-order valence-corrected chi connectivity index (χ1v) is 4.45. The van der Waals surface area contributed by atoms with Crippen LogP contribution < -0.4 is 5.46 Å². The monoisotopic (exact) mass is 188 g/mol. The van der Waals surface area contributed by atoms with E-state index in [9.17, 15) is 0 Å². The van der Waals surface area contributed by atoms with E-state index in [0.717, 1.165) is 11.1 Å². The van der Waals surface area contributed by atoms with Gasteiger partial charge in [-0.25, -0.2) is 0 Å². The molecule has 2 nitrogen and oxygen atoms in total. The highest BCUT2D eigenvalue weighted by Crippen LogP contribution is 2.10. The Morgan fingerprint density at radius 1 is 1.36 bits per heavy atom. The summed E-state index contributed by atoms with van der Waals surface area (Å²) in [5.74, 6) is 0. The van der Waals surface area contributed by atoms with Gasteiger partial charge in [-0.2, -0.15) is 0 Å². The van der Waals surface area contributed by atoms with Gasteiger partial charge >= 0.3 is 7.12 Å². The smallest absolute Gasteiger partial charge is 0.423 e. The summed E-state index contributed by atoms with van der Waals surface area (Å²) in [5, 5.41) is 18.3. The third-order valence-corrected chi connectivity index (χ3v) is 2.00. The molecule has 0 heterocycles. The molecule has 1 aromatic carbocycles. The molecule has 0 atom stereocenters. The Morgan fingerprint density at radius 2 is 2.07 bits per heavy atom. The second-order valence-corrected chi connectivity index (χ2v) is 2.93. The van der Waals surface area contributed by atoms with Crippen molar-refractivity contribution < 1.29 is 10.0 Å². The number of benzene rings is 1. The Balaban J connectivity index is 3.34. The molecule has 0 bridgehead atoms. The number of hydrogen-bond acceptors (Lipinski definition) is 2. The zero-order chi connectivity index (χ0) is 10.6. The average molecular weight is 188 g/mol. The summed E-state index contributed by atoms with van der Waals surface area (Å²) >= 11 is 0. The SMILES string of the molecule is C=Cc1cccc(B(O)O)c1/C=C\C. The fourth-order valence-corrected chi connectivity index (χ4v) is 1.36. The van der Waals surface area contributed by atoms with Gasteiger partial charge in [-0.3, -0.25) is 0 Å². The maximum Gasteiger partial charge on any atom is 0.489 e. The second kappa shape index (κ2) is 4.79. The van der Waals surface area contributed by atoms with Crippen LogP contribution >= 0.6 is 0 Å². The molecule has 0 aliphatic carbocycles. The summed E-state index contributed by atoms with van der Waals surface area (Å²) in [6.45, 7) is 5.56. The molecule has 2 N–H and O–H groups in total. The third-order valence-electron chi connectivity index (χ3n) is 2.00. The zero-order valence-electron chi connectivity index (χ0n) is 8.14. The molecule has 14 heavy (non-hydrogen) atoms. The molecule has 1 rings (SSSR count). The molecule has 0 spiro atoms. The molecular weight excluding hydrogens is 175 g/mol. The van der Waals surface area contributed by atoms with E-state index in [-0.39, 0.29) is 0 Å². The first-order valence-electron chi connectivity index (χ1n) is 4.45. The minimum absolute atomic E-state index is 0.500. The van der Waals surface area contributed by atoms with E-state index in [0.29, 0.717) is 5.46 Å². The van der Waals surface area contributed by atoms with Gasteiger partial charge in [0, 0.05) is 0 Å². The standard InChI is InChI=1S/C11H13BO2/c1-3-6-10-9(4-2)7-5-8-11(10)12(13)14/h3-8,13-14H,2H2,1H3/b6-3-. The summed E-state index contributed by atoms with van der Waals surface area (Å²) in [6, 6.07) is 5.35. The first-order chi connectivity index (χ1) is 6.70. The summed E-state index contributed by atoms with van der Waals surface area (Å²) in [5.41, 5.74) is 2.20. The third kappa shape index (κ3) is 2.13. The lowest BCUT2D eigenvalue weighted by Crippen LogP contribution is -2.32. The van der Waals surface area contributed by atoms with Gasteiger partial charge in [-0.15, -0.1) is 0 Å². The lowest BCUT2D eigenvalue weighted by atomic mass is 9.75. The van der Waals surface area contributed by atoms with E-state index >= 15 is 0 Å². The Hall–Kier alpha value is -1.32. The van der Waals surface area contributed by atoms with Gasteiger partial charge in [0.25, 0.3) is 0 Å². The van der Waals surface area contributed by atoms with Gasteiger partial charge < -0.3 is 10.0 Å². The minimum Gasteiger partial charge on any atom is -0.423 e. The normalized spacial score (nSPS) is 10.5. The van der Waals surface area contributed by atoms with Crippen molar-refractivity contribution in [1.29, 1.82) is 0 Å². The number of allylic oxidation sites excluding steroid dienone is 1. The fourth-order valence-electron chi connectivity index (χ4n) is 1.36. The quantitative estimate of drug-likeness (QED) is 0.695. The van der Waals surface area contributed by atoms with Crippen molar-refractivity contribution in [3.63, 3.8) is 0 Å². The average Bonchev–Trinajstić information content (AvgIpc) is 2.18. The van der Waals surface area contributed by atoms with Crippen LogP contribution in [0.4, 0.5) is 0 Å². The van der Waals surface area contributed by atoms with Crippen LogP contribution in [-0.4, -0.2) is 17.2 Å². The molecule has 0 radical (unpaired) electrons. The largest absolute Gasteiger partial charge is 0.489 e. The Bertz CT molecular complexity index is 356. The van der Waals surface area contributed by atoms with E-state index in [1.54, 1.807) is 18.2 Å². The van der Waals surface area contributed by atoms with Gasteiger partial charge in [0.2, 0.25) is 0 Å². The molecule has 0 aliphatic rings. The van der Waals surface area contributed by atoms with Gasteiger partial charge in [0.15, 0.2) is 0 Å². The summed E-state index contributed by atoms with van der Waals surface area (Å²) in [7, 11) is -1.44. The van der Waals surface area contributed by atoms with Crippen molar-refractivity contribution in [3.05, 3.63) is 42.0 Å². The molecule has 0 fully saturated rings. The maximum absolute atomic E-state index is 9.14. The van der Waals surface area contributed by atoms with Crippen LogP contribution in [0.3, 0.4) is 0 Å². The number of rotatable bonds is 3. The maximum atomic E-state index is 9.14. The van der Waals surface area contributed by atoms with E-state index in [4.69, 9.17) is 10.0 Å². The highest BCUT2D eigenvalue weighted by atomic mass is 16.4. The van der Waals surface area contributed by atoms with Crippen LogP contribution in [0.1, 0.15) is 18.1 Å². The number of hydrogen-bond donors (Lipinski definition) is 2. The van der Waals surface area contributed by atoms with Crippen molar-refractivity contribution in [2.24, 2.45) is 0 Å². The Labute approximate surface area is 84.4 Å². The predicted molar refractivity (Wildman–Crippen MR) is 61.1 cm³/mol. The molecule has 0 aliphatic heterocycles. The van der Waals surface area contributed by atoms with Gasteiger partial charge in [0.05, 0.1) is 0 Å². The molecule has 0 aromatic heterocycles. The van der Waals surface area contributed by atoms with Crippen molar-refractivity contribution in [2.75, 3.05) is 0 Å². The second-order valence-electron chi connectivity index (χ2n) is 2.93. The molecular formula is C11H13BO2. The highest BCUT2D eigenvalue weighted by molar-refractivity contribution is 6.59. The summed E-state index contributed by atoms with van der Waals surface area (Å²) in [4.78, 5) is 0. The van der Waals surface area contributed by atoms with Crippen LogP contribution in [-0.2, 0) is 0 Å². The molecule has 0 amide bonds. The van der Waals surface area contributed by atoms with Crippen LogP contribution in [0.2, 0.25) is 0 Å². The predicted octanol–water partition coefficient (Wildman–Crippen LogP) is 1.04. The molecule has 72 valence electrons. The fraction of sp³-hybridized carbons (Fsp3) is 0.0909. The van der Waals surface area contributed by atoms with Crippen molar-refractivity contribution >= 4 is 24.7 Å². The first kappa shape index (κ1) is 10.8. The van der Waals surface area contributed by atoms with Crippen LogP contribution in [0.5, 0.6) is 0 Å². The molecule has 1 aromatic rings. The van der Waals surface area contributed by atoms with E-state index in [2.05, 4.69) is 6.58 Å². The lowest BCUT2D eigenvalue weighted by molar-refractivity contribution is 0.425. The zero-order valence-corrected chi connectivity index (χ0v) is 8.14. The van der Waals surface area contributed by atoms with Crippen molar-refractivity contribution in [2.45, 2.75) is 6.92 Å². The van der Waals surface area contributed by atoms with Gasteiger partial charge in [-0.1, -0.05) is 43.0 Å². The minimum atomic E-state index is -1.44. The highest BCUT2D eigenvalue weighted by Gasteiger charge is 2.15. The summed E-state index contributed by atoms with van der Waals surface area (Å²) < 4.78 is 0. The van der Waals surface area contributed by atoms with Crippen molar-refractivity contribution in [1.82, 2.24) is 0 Å². The Morgan fingerprint density at radius 3 is 2.57 bits per heavy atom. The van der Waals surface area contributed by atoms with Crippen molar-refractivity contribution in [3.8, 4) is 0 Å². The molecule has 0 saturated carbocycles. The van der Waals surface area contributed by atoms with Gasteiger partial charge in [0.1, 0.15) is 0 Å². The van der Waals surface area contributed by atoms with Crippen LogP contribution in [0, 0.1) is 0 Å². The van der Waals surface area contributed by atoms with E-state index < -0.39 is 7.12 Å². The topological polar surface area (TPSA) is 40.5 Å². The molecule has 3 heteroatoms. The molecule has 0 unspecified atom stereocenters.